The summed E-state index contributed by atoms with van der Waals surface area (Å²) in [6.07, 6.45) is -0.0626. The molecule has 1 saturated heterocycles. The van der Waals surface area contributed by atoms with E-state index in [-0.39, 0.29) is 42.8 Å². The number of hydrogen-bond donors (Lipinski definition) is 5. The molecule has 3 aromatic rings. The minimum Gasteiger partial charge on any atom is -0.486 e. The van der Waals surface area contributed by atoms with Gasteiger partial charge in [0.2, 0.25) is 17.6 Å². The van der Waals surface area contributed by atoms with E-state index in [1.165, 1.54) is 29.2 Å². The van der Waals surface area contributed by atoms with Crippen LogP contribution in [0.1, 0.15) is 153 Å². The van der Waals surface area contributed by atoms with Gasteiger partial charge in [0.25, 0.3) is 5.91 Å². The van der Waals surface area contributed by atoms with Crippen molar-refractivity contribution in [1.29, 1.82) is 0 Å². The largest absolute Gasteiger partial charge is 0.527 e. The number of nitrogens with one attached hydrogen (secondary N) is 2. The maximum atomic E-state index is 14.4. The first-order valence-electron chi connectivity index (χ1n) is 27.8. The van der Waals surface area contributed by atoms with Gasteiger partial charge in [0.1, 0.15) is 30.3 Å². The molecule has 3 aromatic carbocycles. The third-order valence-electron chi connectivity index (χ3n) is 15.3. The molecule has 1 heterocycles. The van der Waals surface area contributed by atoms with Crippen molar-refractivity contribution in [3.05, 3.63) is 94.5 Å². The van der Waals surface area contributed by atoms with Gasteiger partial charge in [0, 0.05) is 62.6 Å². The van der Waals surface area contributed by atoms with E-state index in [9.17, 15) is 62.8 Å². The molecule has 1 aliphatic rings. The van der Waals surface area contributed by atoms with Crippen molar-refractivity contribution in [2.45, 2.75) is 170 Å². The van der Waals surface area contributed by atoms with Gasteiger partial charge in [-0.3, -0.25) is 47.8 Å². The van der Waals surface area contributed by atoms with Gasteiger partial charge in [-0.15, -0.1) is 0 Å². The van der Waals surface area contributed by atoms with Crippen molar-refractivity contribution in [2.24, 2.45) is 23.2 Å². The molecule has 5 N–H and O–H groups in total. The summed E-state index contributed by atoms with van der Waals surface area (Å²) in [5, 5.41) is 24.6. The zero-order chi connectivity index (χ0) is 60.2. The molecule has 8 atom stereocenters. The van der Waals surface area contributed by atoms with Crippen molar-refractivity contribution in [2.75, 3.05) is 20.3 Å². The van der Waals surface area contributed by atoms with E-state index in [0.29, 0.717) is 49.7 Å². The summed E-state index contributed by atoms with van der Waals surface area (Å²) in [5.41, 5.74) is 3.23. The van der Waals surface area contributed by atoms with Crippen LogP contribution in [0, 0.1) is 37.0 Å². The Bertz CT molecular complexity index is 2740. The standard InChI is InChI=1S/C60H82N3O17P/c1-10-37(3)40(6)61-56(71)44(23-28-53(66)67)35-51(65)49(26-29-54(68)69)62-57(72)45(32-42-20-24-47(25-21-42)80-81(75,76)77-9)33-46(64)36-78-48-16-14-15-43(34-48)52(27-22-41-19-18-38(4)39(5)31-41)79-59(74)50-17-12-13-30-63(50)58(73)55(70)60(7,8)11-2/h14-16,18-21,24-25,31,34,37,40,44-45,49-50,52H,10-13,17,22-23,26-30,32-33,35-36H2,1-9H3,(H,61,71)(H,62,72)(H,66,67)(H,68,69)(H,75,76)/t37?,40-,44-,45-,49+,50-,52+/m0/s1. The van der Waals surface area contributed by atoms with Gasteiger partial charge in [-0.1, -0.05) is 83.5 Å². The Morgan fingerprint density at radius 3 is 2.06 bits per heavy atom. The topological polar surface area (TPSA) is 296 Å². The predicted molar refractivity (Wildman–Crippen MR) is 300 cm³/mol. The zero-order valence-electron chi connectivity index (χ0n) is 48.2. The molecule has 21 heteroatoms. The molecule has 0 aliphatic carbocycles. The van der Waals surface area contributed by atoms with Gasteiger partial charge in [-0.25, -0.2) is 9.36 Å². The van der Waals surface area contributed by atoms with Crippen LogP contribution in [0.5, 0.6) is 11.5 Å². The Balaban J connectivity index is 1.62. The molecule has 444 valence electrons. The van der Waals surface area contributed by atoms with Gasteiger partial charge in [-0.2, -0.15) is 0 Å². The summed E-state index contributed by atoms with van der Waals surface area (Å²) in [6, 6.07) is 15.6. The van der Waals surface area contributed by atoms with Crippen LogP contribution < -0.4 is 19.9 Å². The number of carboxylic acids is 2. The molecule has 1 fully saturated rings. The Hall–Kier alpha value is -6.76. The number of ketones is 3. The third kappa shape index (κ3) is 21.3. The average molecular weight is 1150 g/mol. The highest BCUT2D eigenvalue weighted by molar-refractivity contribution is 7.47. The molecule has 0 bridgehead atoms. The van der Waals surface area contributed by atoms with Crippen LogP contribution in [0.2, 0.25) is 0 Å². The number of esters is 1. The number of carbonyl (C=O) groups is 9. The highest BCUT2D eigenvalue weighted by Crippen LogP contribution is 2.43. The number of nitrogens with zero attached hydrogens (tertiary/aromatic N) is 1. The third-order valence-corrected chi connectivity index (χ3v) is 16.2. The molecule has 2 unspecified atom stereocenters. The number of benzene rings is 3. The monoisotopic (exact) mass is 1150 g/mol. The molecule has 0 spiro atoms. The fourth-order valence-electron chi connectivity index (χ4n) is 9.19. The van der Waals surface area contributed by atoms with E-state index in [4.69, 9.17) is 14.0 Å². The number of aryl methyl sites for hydroxylation is 3. The lowest BCUT2D eigenvalue weighted by atomic mass is 9.84. The number of phosphoric acid groups is 1. The van der Waals surface area contributed by atoms with Crippen molar-refractivity contribution in [3.63, 3.8) is 0 Å². The molecule has 0 saturated carbocycles. The van der Waals surface area contributed by atoms with Crippen LogP contribution in [0.3, 0.4) is 0 Å². The molecule has 3 amide bonds. The summed E-state index contributed by atoms with van der Waals surface area (Å²) < 4.78 is 34.0. The second-order valence-electron chi connectivity index (χ2n) is 21.8. The summed E-state index contributed by atoms with van der Waals surface area (Å²) in [6.45, 7) is 14.5. The van der Waals surface area contributed by atoms with Gasteiger partial charge in [-0.05, 0) is 137 Å². The summed E-state index contributed by atoms with van der Waals surface area (Å²) in [7, 11) is -3.45. The molecule has 0 radical (unpaired) electrons. The molecule has 81 heavy (non-hydrogen) atoms. The van der Waals surface area contributed by atoms with Gasteiger partial charge < -0.3 is 39.7 Å². The van der Waals surface area contributed by atoms with E-state index in [1.807, 2.05) is 46.8 Å². The number of aliphatic carboxylic acids is 2. The summed E-state index contributed by atoms with van der Waals surface area (Å²) >= 11 is 0. The van der Waals surface area contributed by atoms with Crippen LogP contribution in [-0.4, -0.2) is 111 Å². The van der Waals surface area contributed by atoms with Gasteiger partial charge >= 0.3 is 25.7 Å². The smallest absolute Gasteiger partial charge is 0.486 e. The Morgan fingerprint density at radius 1 is 0.778 bits per heavy atom. The molecule has 0 aromatic heterocycles. The fraction of sp³-hybridized carbons (Fsp3) is 0.550. The molecular weight excluding hydrogens is 1070 g/mol. The Kier molecular flexibility index (Phi) is 25.9. The molecular formula is C60H82N3O17P. The van der Waals surface area contributed by atoms with Crippen LogP contribution in [0.25, 0.3) is 0 Å². The van der Waals surface area contributed by atoms with E-state index < -0.39 is 135 Å². The summed E-state index contributed by atoms with van der Waals surface area (Å²) in [5.74, 6) is -9.26. The molecule has 1 aliphatic heterocycles. The van der Waals surface area contributed by atoms with Crippen LogP contribution in [0.4, 0.5) is 0 Å². The first-order valence-corrected chi connectivity index (χ1v) is 29.3. The lowest BCUT2D eigenvalue weighted by Crippen LogP contribution is -2.53. The number of amides is 3. The van der Waals surface area contributed by atoms with Crippen molar-refractivity contribution in [1.82, 2.24) is 15.5 Å². The lowest BCUT2D eigenvalue weighted by molar-refractivity contribution is -0.164. The normalized spacial score (nSPS) is 16.5. The number of rotatable bonds is 34. The van der Waals surface area contributed by atoms with E-state index >= 15 is 0 Å². The summed E-state index contributed by atoms with van der Waals surface area (Å²) in [4.78, 5) is 132. The number of piperidine rings is 1. The number of phosphoric ester groups is 1. The van der Waals surface area contributed by atoms with Crippen LogP contribution in [-0.2, 0) is 69.8 Å². The lowest BCUT2D eigenvalue weighted by Gasteiger charge is -2.36. The average Bonchev–Trinajstić information content (AvgIpc) is 3.44. The highest BCUT2D eigenvalue weighted by Gasteiger charge is 2.41. The Morgan fingerprint density at radius 2 is 1.43 bits per heavy atom. The molecule has 20 nitrogen and oxygen atoms in total. The number of ether oxygens (including phenoxy) is 2. The second kappa shape index (κ2) is 31.5. The Labute approximate surface area is 475 Å². The fourth-order valence-corrected chi connectivity index (χ4v) is 9.65. The SMILES string of the molecule is CCC(C)[C@H](C)NC(=O)[C@@H](CCC(=O)O)CC(=O)[C@@H](CCC(=O)O)NC(=O)[C@H](CC(=O)COc1cccc([C@@H](CCc2ccc(C)c(C)c2)OC(=O)[C@@H]2CCCCN2C(=O)C(=O)C(C)(C)CC)c1)Cc1ccc(OP(=O)(O)OC)cc1. The van der Waals surface area contributed by atoms with Crippen molar-refractivity contribution >= 4 is 60.8 Å². The number of Topliss-reactive ketones (excluding diaryl/α,β-unsaturated/α-hetero) is 3. The number of carbonyl (C=O) groups excluding carboxylic acids is 7. The number of carboxylic acid groups (broad SMARTS) is 2. The van der Waals surface area contributed by atoms with E-state index in [1.54, 1.807) is 45.0 Å². The zero-order valence-corrected chi connectivity index (χ0v) is 49.1. The van der Waals surface area contributed by atoms with Crippen LogP contribution in [0.15, 0.2) is 66.7 Å². The number of likely N-dealkylation sites (tertiary alicyclic amines) is 1. The van der Waals surface area contributed by atoms with Gasteiger partial charge in [0.15, 0.2) is 11.6 Å². The predicted octanol–water partition coefficient (Wildman–Crippen LogP) is 8.57. The number of hydrogen-bond acceptors (Lipinski definition) is 14. The maximum Gasteiger partial charge on any atom is 0.527 e. The minimum absolute atomic E-state index is 0.0464. The van der Waals surface area contributed by atoms with Gasteiger partial charge in [0.05, 0.1) is 6.04 Å². The quantitative estimate of drug-likeness (QED) is 0.0212. The first kappa shape index (κ1) is 66.7. The maximum absolute atomic E-state index is 14.4. The van der Waals surface area contributed by atoms with Crippen molar-refractivity contribution in [3.8, 4) is 11.5 Å². The van der Waals surface area contributed by atoms with Crippen LogP contribution >= 0.6 is 7.82 Å². The van der Waals surface area contributed by atoms with Crippen molar-refractivity contribution < 1.29 is 81.3 Å². The van der Waals surface area contributed by atoms with E-state index in [2.05, 4.69) is 21.2 Å². The van der Waals surface area contributed by atoms with E-state index in [0.717, 1.165) is 30.2 Å². The highest BCUT2D eigenvalue weighted by atomic mass is 31.2. The molecule has 4 rings (SSSR count). The first-order chi connectivity index (χ1) is 38.2. The minimum atomic E-state index is -4.44. The second-order valence-corrected chi connectivity index (χ2v) is 23.3.